The SMILES string of the molecule is O=C(NCc1ccc(CNC(=O)C2CCCO2)cc1)C1CCCO1. The van der Waals surface area contributed by atoms with E-state index in [1.807, 2.05) is 24.3 Å². The van der Waals surface area contributed by atoms with Crippen molar-refractivity contribution >= 4 is 11.8 Å². The van der Waals surface area contributed by atoms with E-state index in [9.17, 15) is 9.59 Å². The zero-order chi connectivity index (χ0) is 16.8. The first-order chi connectivity index (χ1) is 11.7. The van der Waals surface area contributed by atoms with Gasteiger partial charge >= 0.3 is 0 Å². The second-order valence-corrected chi connectivity index (χ2v) is 6.26. The van der Waals surface area contributed by atoms with Crippen molar-refractivity contribution in [1.29, 1.82) is 0 Å². The van der Waals surface area contributed by atoms with E-state index >= 15 is 0 Å². The molecule has 2 fully saturated rings. The monoisotopic (exact) mass is 332 g/mol. The fourth-order valence-electron chi connectivity index (χ4n) is 2.95. The summed E-state index contributed by atoms with van der Waals surface area (Å²) in [7, 11) is 0. The molecule has 6 nitrogen and oxygen atoms in total. The maximum Gasteiger partial charge on any atom is 0.249 e. The normalized spacial score (nSPS) is 23.2. The van der Waals surface area contributed by atoms with E-state index in [4.69, 9.17) is 9.47 Å². The van der Waals surface area contributed by atoms with Gasteiger partial charge in [-0.05, 0) is 36.8 Å². The Kier molecular flexibility index (Phi) is 5.82. The third-order valence-electron chi connectivity index (χ3n) is 4.40. The second-order valence-electron chi connectivity index (χ2n) is 6.26. The molecule has 2 heterocycles. The van der Waals surface area contributed by atoms with Gasteiger partial charge in [-0.1, -0.05) is 24.3 Å². The molecule has 0 spiro atoms. The van der Waals surface area contributed by atoms with E-state index < -0.39 is 0 Å². The molecule has 24 heavy (non-hydrogen) atoms. The number of hydrogen-bond donors (Lipinski definition) is 2. The number of carbonyl (C=O) groups is 2. The molecule has 0 aromatic heterocycles. The highest BCUT2D eigenvalue weighted by atomic mass is 16.5. The molecule has 3 rings (SSSR count). The molecule has 2 unspecified atom stereocenters. The Balaban J connectivity index is 1.41. The molecular formula is C18H24N2O4. The fourth-order valence-corrected chi connectivity index (χ4v) is 2.95. The topological polar surface area (TPSA) is 76.7 Å². The molecule has 130 valence electrons. The molecule has 2 amide bonds. The van der Waals surface area contributed by atoms with E-state index in [0.29, 0.717) is 26.3 Å². The molecule has 2 aliphatic heterocycles. The highest BCUT2D eigenvalue weighted by molar-refractivity contribution is 5.81. The summed E-state index contributed by atoms with van der Waals surface area (Å²) in [6.45, 7) is 2.32. The van der Waals surface area contributed by atoms with Gasteiger partial charge in [-0.25, -0.2) is 0 Å². The molecule has 2 saturated heterocycles. The van der Waals surface area contributed by atoms with Crippen LogP contribution in [0.4, 0.5) is 0 Å². The first kappa shape index (κ1) is 16.9. The summed E-state index contributed by atoms with van der Waals surface area (Å²) in [4.78, 5) is 23.8. The molecule has 0 saturated carbocycles. The Hall–Kier alpha value is -1.92. The van der Waals surface area contributed by atoms with Crippen LogP contribution in [0.2, 0.25) is 0 Å². The standard InChI is InChI=1S/C18H24N2O4/c21-17(15-3-1-9-23-15)19-11-13-5-7-14(8-6-13)12-20-18(22)16-4-2-10-24-16/h5-8,15-16H,1-4,9-12H2,(H,19,21)(H,20,22). The summed E-state index contributed by atoms with van der Waals surface area (Å²) >= 11 is 0. The van der Waals surface area contributed by atoms with Crippen molar-refractivity contribution < 1.29 is 19.1 Å². The van der Waals surface area contributed by atoms with Crippen molar-refractivity contribution in [2.45, 2.75) is 51.0 Å². The maximum absolute atomic E-state index is 11.9. The van der Waals surface area contributed by atoms with E-state index in [2.05, 4.69) is 10.6 Å². The number of carbonyl (C=O) groups excluding carboxylic acids is 2. The number of ether oxygens (including phenoxy) is 2. The number of amides is 2. The van der Waals surface area contributed by atoms with Gasteiger partial charge in [0.05, 0.1) is 0 Å². The van der Waals surface area contributed by atoms with Gasteiger partial charge in [0.2, 0.25) is 11.8 Å². The molecule has 6 heteroatoms. The van der Waals surface area contributed by atoms with Crippen molar-refractivity contribution in [3.63, 3.8) is 0 Å². The van der Waals surface area contributed by atoms with E-state index in [-0.39, 0.29) is 24.0 Å². The van der Waals surface area contributed by atoms with Crippen LogP contribution in [0.15, 0.2) is 24.3 Å². The number of rotatable bonds is 6. The van der Waals surface area contributed by atoms with Crippen LogP contribution in [0, 0.1) is 0 Å². The van der Waals surface area contributed by atoms with Gasteiger partial charge in [0.15, 0.2) is 0 Å². The predicted molar refractivity (Wildman–Crippen MR) is 88.1 cm³/mol. The molecule has 2 atom stereocenters. The van der Waals surface area contributed by atoms with Gasteiger partial charge in [-0.15, -0.1) is 0 Å². The van der Waals surface area contributed by atoms with Gasteiger partial charge in [0.1, 0.15) is 12.2 Å². The van der Waals surface area contributed by atoms with Crippen molar-refractivity contribution in [1.82, 2.24) is 10.6 Å². The summed E-state index contributed by atoms with van der Waals surface area (Å²) in [6, 6.07) is 7.85. The van der Waals surface area contributed by atoms with Gasteiger partial charge in [0, 0.05) is 26.3 Å². The lowest BCUT2D eigenvalue weighted by Gasteiger charge is -2.12. The zero-order valence-electron chi connectivity index (χ0n) is 13.8. The van der Waals surface area contributed by atoms with Crippen molar-refractivity contribution in [2.75, 3.05) is 13.2 Å². The van der Waals surface area contributed by atoms with Crippen LogP contribution in [0.25, 0.3) is 0 Å². The van der Waals surface area contributed by atoms with E-state index in [1.54, 1.807) is 0 Å². The Morgan fingerprint density at radius 1 is 0.833 bits per heavy atom. The highest BCUT2D eigenvalue weighted by Crippen LogP contribution is 2.13. The van der Waals surface area contributed by atoms with Crippen LogP contribution in [0.1, 0.15) is 36.8 Å². The second kappa shape index (κ2) is 8.26. The third-order valence-corrected chi connectivity index (χ3v) is 4.40. The summed E-state index contributed by atoms with van der Waals surface area (Å²) in [5.41, 5.74) is 2.05. The predicted octanol–water partition coefficient (Wildman–Crippen LogP) is 1.28. The van der Waals surface area contributed by atoms with E-state index in [1.165, 1.54) is 0 Å². The Labute approximate surface area is 141 Å². The molecule has 0 aliphatic carbocycles. The van der Waals surface area contributed by atoms with Crippen molar-refractivity contribution in [3.8, 4) is 0 Å². The largest absolute Gasteiger partial charge is 0.368 e. The molecule has 0 bridgehead atoms. The van der Waals surface area contributed by atoms with Gasteiger partial charge in [0.25, 0.3) is 0 Å². The quantitative estimate of drug-likeness (QED) is 0.823. The minimum absolute atomic E-state index is 0.0413. The number of hydrogen-bond acceptors (Lipinski definition) is 4. The molecule has 0 radical (unpaired) electrons. The van der Waals surface area contributed by atoms with Gasteiger partial charge in [-0.2, -0.15) is 0 Å². The van der Waals surface area contributed by atoms with E-state index in [0.717, 1.165) is 36.8 Å². The number of benzene rings is 1. The van der Waals surface area contributed by atoms with Gasteiger partial charge in [-0.3, -0.25) is 9.59 Å². The fraction of sp³-hybridized carbons (Fsp3) is 0.556. The van der Waals surface area contributed by atoms with Crippen LogP contribution >= 0.6 is 0 Å². The average Bonchev–Trinajstić information content (AvgIpc) is 3.32. The first-order valence-electron chi connectivity index (χ1n) is 8.59. The highest BCUT2D eigenvalue weighted by Gasteiger charge is 2.23. The summed E-state index contributed by atoms with van der Waals surface area (Å²) in [5, 5.41) is 5.79. The average molecular weight is 332 g/mol. The summed E-state index contributed by atoms with van der Waals surface area (Å²) in [6.07, 6.45) is 2.91. The minimum atomic E-state index is -0.294. The molecular weight excluding hydrogens is 308 g/mol. The lowest BCUT2D eigenvalue weighted by Crippen LogP contribution is -2.34. The Morgan fingerprint density at radius 3 is 1.58 bits per heavy atom. The van der Waals surface area contributed by atoms with Gasteiger partial charge < -0.3 is 20.1 Å². The first-order valence-corrected chi connectivity index (χ1v) is 8.59. The lowest BCUT2D eigenvalue weighted by molar-refractivity contribution is -0.130. The maximum atomic E-state index is 11.9. The third kappa shape index (κ3) is 4.55. The van der Waals surface area contributed by atoms with Crippen LogP contribution < -0.4 is 10.6 Å². The Bertz CT molecular complexity index is 510. The van der Waals surface area contributed by atoms with Crippen LogP contribution in [-0.2, 0) is 32.2 Å². The molecule has 1 aromatic rings. The van der Waals surface area contributed by atoms with Crippen LogP contribution in [0.5, 0.6) is 0 Å². The van der Waals surface area contributed by atoms with Crippen molar-refractivity contribution in [3.05, 3.63) is 35.4 Å². The number of nitrogens with one attached hydrogen (secondary N) is 2. The Morgan fingerprint density at radius 2 is 1.25 bits per heavy atom. The smallest absolute Gasteiger partial charge is 0.249 e. The van der Waals surface area contributed by atoms with Crippen LogP contribution in [0.3, 0.4) is 0 Å². The van der Waals surface area contributed by atoms with Crippen LogP contribution in [-0.4, -0.2) is 37.2 Å². The lowest BCUT2D eigenvalue weighted by atomic mass is 10.1. The van der Waals surface area contributed by atoms with Crippen molar-refractivity contribution in [2.24, 2.45) is 0 Å². The minimum Gasteiger partial charge on any atom is -0.368 e. The zero-order valence-corrected chi connectivity index (χ0v) is 13.8. The summed E-state index contributed by atoms with van der Waals surface area (Å²) in [5.74, 6) is -0.0826. The molecule has 1 aromatic carbocycles. The summed E-state index contributed by atoms with van der Waals surface area (Å²) < 4.78 is 10.7. The molecule has 2 N–H and O–H groups in total. The molecule has 2 aliphatic rings.